The van der Waals surface area contributed by atoms with Gasteiger partial charge < -0.3 is 9.80 Å². The van der Waals surface area contributed by atoms with Gasteiger partial charge in [0.05, 0.1) is 17.2 Å². The van der Waals surface area contributed by atoms with E-state index in [1.54, 1.807) is 23.1 Å². The normalized spacial score (nSPS) is 14.0. The zero-order valence-electron chi connectivity index (χ0n) is 13.8. The Kier molecular flexibility index (Phi) is 4.94. The molecule has 1 aliphatic rings. The van der Waals surface area contributed by atoms with E-state index in [0.717, 1.165) is 18.2 Å². The van der Waals surface area contributed by atoms with Gasteiger partial charge in [-0.25, -0.2) is 8.78 Å². The molecule has 2 aromatic rings. The van der Waals surface area contributed by atoms with Crippen molar-refractivity contribution >= 4 is 11.8 Å². The number of benzene rings is 2. The Morgan fingerprint density at radius 3 is 2.23 bits per heavy atom. The van der Waals surface area contributed by atoms with Gasteiger partial charge in [0, 0.05) is 31.7 Å². The van der Waals surface area contributed by atoms with Crippen LogP contribution in [-0.2, 0) is 0 Å². The van der Waals surface area contributed by atoms with Crippen molar-refractivity contribution in [2.75, 3.05) is 26.2 Å². The number of rotatable bonds is 2. The quantitative estimate of drug-likeness (QED) is 0.831. The number of nitrogens with zero attached hydrogens (tertiary/aromatic N) is 3. The number of halogens is 2. The number of amides is 2. The second-order valence-corrected chi connectivity index (χ2v) is 5.90. The lowest BCUT2D eigenvalue weighted by Gasteiger charge is -2.35. The van der Waals surface area contributed by atoms with Crippen LogP contribution in [-0.4, -0.2) is 47.8 Å². The van der Waals surface area contributed by atoms with Crippen LogP contribution in [0.15, 0.2) is 42.5 Å². The first-order valence-electron chi connectivity index (χ1n) is 8.03. The number of hydrogen-bond donors (Lipinski definition) is 0. The zero-order valence-corrected chi connectivity index (χ0v) is 13.8. The Morgan fingerprint density at radius 1 is 0.923 bits per heavy atom. The van der Waals surface area contributed by atoms with Crippen LogP contribution in [0.3, 0.4) is 0 Å². The average molecular weight is 355 g/mol. The molecule has 0 bridgehead atoms. The van der Waals surface area contributed by atoms with E-state index in [4.69, 9.17) is 5.26 Å². The maximum absolute atomic E-state index is 13.8. The van der Waals surface area contributed by atoms with E-state index in [-0.39, 0.29) is 37.6 Å². The Balaban J connectivity index is 1.67. The molecule has 5 nitrogen and oxygen atoms in total. The summed E-state index contributed by atoms with van der Waals surface area (Å²) in [5, 5.41) is 8.92. The van der Waals surface area contributed by atoms with Crippen LogP contribution in [0.4, 0.5) is 8.78 Å². The summed E-state index contributed by atoms with van der Waals surface area (Å²) in [6, 6.07) is 11.1. The van der Waals surface area contributed by atoms with Gasteiger partial charge in [-0.05, 0) is 36.4 Å². The van der Waals surface area contributed by atoms with Gasteiger partial charge in [0.25, 0.3) is 11.8 Å². The zero-order chi connectivity index (χ0) is 18.7. The molecule has 0 saturated carbocycles. The van der Waals surface area contributed by atoms with Gasteiger partial charge in [-0.2, -0.15) is 5.26 Å². The van der Waals surface area contributed by atoms with Crippen LogP contribution < -0.4 is 0 Å². The van der Waals surface area contributed by atoms with E-state index in [1.807, 2.05) is 6.07 Å². The monoisotopic (exact) mass is 355 g/mol. The molecule has 1 saturated heterocycles. The van der Waals surface area contributed by atoms with Gasteiger partial charge in [0.2, 0.25) is 0 Å². The summed E-state index contributed by atoms with van der Waals surface area (Å²) in [6.45, 7) is 0.994. The largest absolute Gasteiger partial charge is 0.335 e. The second kappa shape index (κ2) is 7.31. The third-order valence-corrected chi connectivity index (χ3v) is 4.25. The van der Waals surface area contributed by atoms with E-state index in [2.05, 4.69) is 0 Å². The van der Waals surface area contributed by atoms with Gasteiger partial charge >= 0.3 is 0 Å². The molecule has 1 aliphatic heterocycles. The van der Waals surface area contributed by atoms with Crippen LogP contribution in [0, 0.1) is 23.0 Å². The predicted molar refractivity (Wildman–Crippen MR) is 89.3 cm³/mol. The predicted octanol–water partition coefficient (Wildman–Crippen LogP) is 2.43. The van der Waals surface area contributed by atoms with Gasteiger partial charge in [0.15, 0.2) is 0 Å². The van der Waals surface area contributed by atoms with E-state index in [9.17, 15) is 18.4 Å². The van der Waals surface area contributed by atoms with Crippen molar-refractivity contribution < 1.29 is 18.4 Å². The Hall–Kier alpha value is -3.27. The van der Waals surface area contributed by atoms with Crippen molar-refractivity contribution in [3.8, 4) is 6.07 Å². The van der Waals surface area contributed by atoms with Crippen molar-refractivity contribution in [3.63, 3.8) is 0 Å². The van der Waals surface area contributed by atoms with E-state index >= 15 is 0 Å². The van der Waals surface area contributed by atoms with Gasteiger partial charge in [-0.15, -0.1) is 0 Å². The summed E-state index contributed by atoms with van der Waals surface area (Å²) >= 11 is 0. The van der Waals surface area contributed by atoms with Crippen molar-refractivity contribution in [2.24, 2.45) is 0 Å². The Labute approximate surface area is 149 Å². The first-order valence-corrected chi connectivity index (χ1v) is 8.03. The van der Waals surface area contributed by atoms with E-state index in [1.165, 1.54) is 11.0 Å². The van der Waals surface area contributed by atoms with Gasteiger partial charge in [0.1, 0.15) is 11.6 Å². The number of carbonyl (C=O) groups is 2. The highest BCUT2D eigenvalue weighted by Crippen LogP contribution is 2.16. The first-order chi connectivity index (χ1) is 12.5. The third kappa shape index (κ3) is 3.54. The maximum Gasteiger partial charge on any atom is 0.257 e. The molecule has 1 fully saturated rings. The fraction of sp³-hybridized carbons (Fsp3) is 0.211. The molecule has 26 heavy (non-hydrogen) atoms. The highest BCUT2D eigenvalue weighted by molar-refractivity contribution is 5.96. The summed E-state index contributed by atoms with van der Waals surface area (Å²) in [6.07, 6.45) is 0. The minimum atomic E-state index is -0.775. The van der Waals surface area contributed by atoms with Gasteiger partial charge in [-0.1, -0.05) is 6.07 Å². The number of nitriles is 1. The molecule has 2 amide bonds. The van der Waals surface area contributed by atoms with Crippen molar-refractivity contribution in [1.82, 2.24) is 9.80 Å². The van der Waals surface area contributed by atoms with Crippen molar-refractivity contribution in [1.29, 1.82) is 5.26 Å². The summed E-state index contributed by atoms with van der Waals surface area (Å²) < 4.78 is 27.0. The minimum absolute atomic E-state index is 0.221. The lowest BCUT2D eigenvalue weighted by molar-refractivity contribution is 0.0532. The maximum atomic E-state index is 13.8. The molecular formula is C19H15F2N3O2. The van der Waals surface area contributed by atoms with Crippen LogP contribution in [0.5, 0.6) is 0 Å². The fourth-order valence-electron chi connectivity index (χ4n) is 2.85. The summed E-state index contributed by atoms with van der Waals surface area (Å²) in [5.41, 5.74) is 0.484. The molecule has 132 valence electrons. The third-order valence-electron chi connectivity index (χ3n) is 4.25. The van der Waals surface area contributed by atoms with E-state index in [0.29, 0.717) is 11.1 Å². The standard InChI is InChI=1S/C19H15F2N3O2/c20-15-4-5-17(21)16(11-15)19(26)24-8-6-23(7-9-24)18(25)14-3-1-2-13(10-14)12-22/h1-5,10-11H,6-9H2. The first kappa shape index (κ1) is 17.5. The Bertz CT molecular complexity index is 900. The van der Waals surface area contributed by atoms with Crippen molar-refractivity contribution in [2.45, 2.75) is 0 Å². The molecule has 0 N–H and O–H groups in total. The van der Waals surface area contributed by atoms with Crippen LogP contribution in [0.1, 0.15) is 26.3 Å². The smallest absolute Gasteiger partial charge is 0.257 e. The molecule has 0 atom stereocenters. The Morgan fingerprint density at radius 2 is 1.58 bits per heavy atom. The molecule has 0 spiro atoms. The molecule has 1 heterocycles. The van der Waals surface area contributed by atoms with Crippen LogP contribution >= 0.6 is 0 Å². The molecule has 3 rings (SSSR count). The molecule has 7 heteroatoms. The molecule has 0 aromatic heterocycles. The lowest BCUT2D eigenvalue weighted by atomic mass is 10.1. The fourth-order valence-corrected chi connectivity index (χ4v) is 2.85. The topological polar surface area (TPSA) is 64.4 Å². The molecule has 0 aliphatic carbocycles. The molecule has 2 aromatic carbocycles. The minimum Gasteiger partial charge on any atom is -0.335 e. The molecule has 0 radical (unpaired) electrons. The molecule has 0 unspecified atom stereocenters. The summed E-state index contributed by atoms with van der Waals surface area (Å²) in [5.74, 6) is -2.28. The lowest BCUT2D eigenvalue weighted by Crippen LogP contribution is -2.50. The SMILES string of the molecule is N#Cc1cccc(C(=O)N2CCN(C(=O)c3cc(F)ccc3F)CC2)c1. The van der Waals surface area contributed by atoms with Crippen LogP contribution in [0.2, 0.25) is 0 Å². The highest BCUT2D eigenvalue weighted by atomic mass is 19.1. The summed E-state index contributed by atoms with van der Waals surface area (Å²) in [4.78, 5) is 27.9. The summed E-state index contributed by atoms with van der Waals surface area (Å²) in [7, 11) is 0. The average Bonchev–Trinajstić information content (AvgIpc) is 2.69. The van der Waals surface area contributed by atoms with Gasteiger partial charge in [-0.3, -0.25) is 9.59 Å². The molecular weight excluding hydrogens is 340 g/mol. The number of carbonyl (C=O) groups excluding carboxylic acids is 2. The van der Waals surface area contributed by atoms with E-state index < -0.39 is 17.5 Å². The highest BCUT2D eigenvalue weighted by Gasteiger charge is 2.27. The number of piperazine rings is 1. The van der Waals surface area contributed by atoms with Crippen molar-refractivity contribution in [3.05, 3.63) is 70.8 Å². The second-order valence-electron chi connectivity index (χ2n) is 5.90. The number of hydrogen-bond acceptors (Lipinski definition) is 3. The van der Waals surface area contributed by atoms with Crippen LogP contribution in [0.25, 0.3) is 0 Å².